The molecule has 1 unspecified atom stereocenters. The summed E-state index contributed by atoms with van der Waals surface area (Å²) in [5, 5.41) is 32.5. The third-order valence-electron chi connectivity index (χ3n) is 2.21. The van der Waals surface area contributed by atoms with Crippen LogP contribution in [0.5, 0.6) is 0 Å². The average Bonchev–Trinajstić information content (AvgIpc) is 2.34. The smallest absolute Gasteiger partial charge is 0.322 e. The number of nitrogens with zero attached hydrogens (tertiary/aromatic N) is 2. The van der Waals surface area contributed by atoms with Gasteiger partial charge >= 0.3 is 17.3 Å². The Morgan fingerprint density at radius 2 is 1.75 bits per heavy atom. The molecule has 0 spiro atoms. The van der Waals surface area contributed by atoms with Gasteiger partial charge in [-0.05, 0) is 0 Å². The Morgan fingerprint density at radius 3 is 2.05 bits per heavy atom. The molecule has 0 saturated carbocycles. The van der Waals surface area contributed by atoms with Gasteiger partial charge in [0.1, 0.15) is 6.54 Å². The van der Waals surface area contributed by atoms with Crippen molar-refractivity contribution in [3.63, 3.8) is 0 Å². The van der Waals surface area contributed by atoms with Gasteiger partial charge in [0.15, 0.2) is 5.69 Å². The summed E-state index contributed by atoms with van der Waals surface area (Å²) in [6, 6.07) is 1.82. The fourth-order valence-electron chi connectivity index (χ4n) is 1.39. The quantitative estimate of drug-likeness (QED) is 0.576. The van der Waals surface area contributed by atoms with Crippen LogP contribution in [-0.4, -0.2) is 37.9 Å². The number of hydrogen-bond donors (Lipinski definition) is 2. The fraction of sp³-hybridized carbons (Fsp3) is 0.222. The molecule has 1 rings (SSSR count). The number of nitrogens with one attached hydrogen (secondary N) is 1. The van der Waals surface area contributed by atoms with Crippen LogP contribution in [0.25, 0.3) is 0 Å². The molecule has 2 N–H and O–H groups in total. The van der Waals surface area contributed by atoms with Crippen molar-refractivity contribution in [2.45, 2.75) is 4.90 Å². The summed E-state index contributed by atoms with van der Waals surface area (Å²) in [4.78, 5) is 30.4. The maximum atomic E-state index is 11.3. The van der Waals surface area contributed by atoms with Crippen molar-refractivity contribution in [3.05, 3.63) is 32.4 Å². The van der Waals surface area contributed by atoms with Crippen LogP contribution < -0.4 is 5.32 Å². The van der Waals surface area contributed by atoms with E-state index in [1.807, 2.05) is 0 Å². The number of aliphatic carboxylic acids is 1. The molecular weight excluding hydrogens is 294 g/mol. The summed E-state index contributed by atoms with van der Waals surface area (Å²) in [6.45, 7) is -0.726. The Hall–Kier alpha value is -2.56. The molecule has 0 heterocycles. The van der Waals surface area contributed by atoms with Gasteiger partial charge in [0, 0.05) is 18.4 Å². The van der Waals surface area contributed by atoms with Crippen LogP contribution >= 0.6 is 0 Å². The zero-order chi connectivity index (χ0) is 15.4. The largest absolute Gasteiger partial charge is 0.480 e. The molecule has 0 saturated heterocycles. The van der Waals surface area contributed by atoms with Crippen molar-refractivity contribution in [2.75, 3.05) is 18.1 Å². The number of benzene rings is 1. The molecule has 0 fully saturated rings. The molecule has 0 aliphatic rings. The molecule has 1 atom stereocenters. The van der Waals surface area contributed by atoms with Crippen LogP contribution in [0.4, 0.5) is 17.1 Å². The highest BCUT2D eigenvalue weighted by atomic mass is 32.2. The van der Waals surface area contributed by atoms with E-state index in [-0.39, 0.29) is 4.90 Å². The van der Waals surface area contributed by atoms with Crippen molar-refractivity contribution in [1.29, 1.82) is 0 Å². The third kappa shape index (κ3) is 3.47. The van der Waals surface area contributed by atoms with Gasteiger partial charge < -0.3 is 10.4 Å². The highest BCUT2D eigenvalue weighted by molar-refractivity contribution is 7.84. The maximum Gasteiger partial charge on any atom is 0.322 e. The lowest BCUT2D eigenvalue weighted by Crippen LogP contribution is -2.15. The number of nitro benzene ring substituents is 2. The van der Waals surface area contributed by atoms with E-state index >= 15 is 0 Å². The summed E-state index contributed by atoms with van der Waals surface area (Å²) < 4.78 is 11.3. The van der Waals surface area contributed by atoms with Gasteiger partial charge in [0.2, 0.25) is 0 Å². The van der Waals surface area contributed by atoms with E-state index in [2.05, 4.69) is 5.32 Å². The summed E-state index contributed by atoms with van der Waals surface area (Å²) in [5.41, 5.74) is -1.94. The van der Waals surface area contributed by atoms with Gasteiger partial charge in [-0.3, -0.25) is 29.2 Å². The van der Waals surface area contributed by atoms with Crippen molar-refractivity contribution in [3.8, 4) is 0 Å². The molecule has 0 bridgehead atoms. The number of rotatable bonds is 6. The Kier molecular flexibility index (Phi) is 4.69. The van der Waals surface area contributed by atoms with Gasteiger partial charge in [-0.15, -0.1) is 0 Å². The highest BCUT2D eigenvalue weighted by Gasteiger charge is 2.27. The summed E-state index contributed by atoms with van der Waals surface area (Å²) >= 11 is 0. The molecule has 10 nitrogen and oxygen atoms in total. The molecule has 0 radical (unpaired) electrons. The average molecular weight is 303 g/mol. The molecule has 0 amide bonds. The number of hydrogen-bond acceptors (Lipinski definition) is 7. The molecule has 0 aromatic heterocycles. The van der Waals surface area contributed by atoms with E-state index in [0.29, 0.717) is 0 Å². The van der Waals surface area contributed by atoms with Gasteiger partial charge in [-0.1, -0.05) is 0 Å². The van der Waals surface area contributed by atoms with Crippen LogP contribution in [0.2, 0.25) is 0 Å². The molecule has 0 aliphatic carbocycles. The molecule has 1 aromatic carbocycles. The van der Waals surface area contributed by atoms with Crippen molar-refractivity contribution in [2.24, 2.45) is 0 Å². The molecule has 0 aliphatic heterocycles. The highest BCUT2D eigenvalue weighted by Crippen LogP contribution is 2.36. The Labute approximate surface area is 114 Å². The fourth-order valence-corrected chi connectivity index (χ4v) is 1.94. The van der Waals surface area contributed by atoms with Crippen LogP contribution in [0.1, 0.15) is 0 Å². The molecule has 20 heavy (non-hydrogen) atoms. The van der Waals surface area contributed by atoms with Gasteiger partial charge in [-0.2, -0.15) is 0 Å². The minimum atomic E-state index is -1.66. The second kappa shape index (κ2) is 6.06. The summed E-state index contributed by atoms with van der Waals surface area (Å²) in [6.07, 6.45) is 1.22. The lowest BCUT2D eigenvalue weighted by Gasteiger charge is -2.07. The first-order valence-corrected chi connectivity index (χ1v) is 6.55. The van der Waals surface area contributed by atoms with E-state index in [0.717, 1.165) is 12.1 Å². The monoisotopic (exact) mass is 303 g/mol. The maximum absolute atomic E-state index is 11.3. The van der Waals surface area contributed by atoms with Crippen LogP contribution in [-0.2, 0) is 15.6 Å². The molecule has 11 heteroatoms. The van der Waals surface area contributed by atoms with Gasteiger partial charge in [-0.25, -0.2) is 0 Å². The number of nitro groups is 2. The van der Waals surface area contributed by atoms with Crippen molar-refractivity contribution >= 4 is 33.8 Å². The number of carboxylic acids is 1. The van der Waals surface area contributed by atoms with E-state index in [1.165, 1.54) is 6.26 Å². The standard InChI is InChI=1S/C9H9N3O7S/c1-20(19)5-2-6(11(15)16)9(10-4-8(13)14)7(3-5)12(17)18/h2-3,10H,4H2,1H3,(H,13,14). The second-order valence-electron chi connectivity index (χ2n) is 3.55. The van der Waals surface area contributed by atoms with E-state index < -0.39 is 50.2 Å². The number of carbonyl (C=O) groups is 1. The first-order chi connectivity index (χ1) is 9.23. The first kappa shape index (κ1) is 15.5. The lowest BCUT2D eigenvalue weighted by atomic mass is 10.2. The molecule has 108 valence electrons. The number of anilines is 1. The third-order valence-corrected chi connectivity index (χ3v) is 3.11. The number of carboxylic acid groups (broad SMARTS) is 1. The Morgan fingerprint density at radius 1 is 1.30 bits per heavy atom. The predicted molar refractivity (Wildman–Crippen MR) is 68.2 cm³/mol. The first-order valence-electron chi connectivity index (χ1n) is 5.00. The van der Waals surface area contributed by atoms with Gasteiger partial charge in [0.05, 0.1) is 25.5 Å². The van der Waals surface area contributed by atoms with Crippen LogP contribution in [0.3, 0.4) is 0 Å². The Bertz CT molecular complexity index is 581. The summed E-state index contributed by atoms with van der Waals surface area (Å²) in [5.74, 6) is -1.34. The van der Waals surface area contributed by atoms with Crippen molar-refractivity contribution in [1.82, 2.24) is 0 Å². The van der Waals surface area contributed by atoms with E-state index in [4.69, 9.17) is 5.11 Å². The van der Waals surface area contributed by atoms with E-state index in [9.17, 15) is 29.2 Å². The van der Waals surface area contributed by atoms with Crippen LogP contribution in [0.15, 0.2) is 17.0 Å². The Balaban J connectivity index is 3.50. The lowest BCUT2D eigenvalue weighted by molar-refractivity contribution is -0.392. The minimum absolute atomic E-state index is 0.0933. The topological polar surface area (TPSA) is 153 Å². The molecular formula is C9H9N3O7S. The molecule has 1 aromatic rings. The predicted octanol–water partition coefficient (Wildman–Crippen LogP) is 0.737. The normalized spacial score (nSPS) is 11.7. The van der Waals surface area contributed by atoms with E-state index in [1.54, 1.807) is 0 Å². The SMILES string of the molecule is CS(=O)c1cc([N+](=O)[O-])c(NCC(=O)O)c([N+](=O)[O-])c1. The van der Waals surface area contributed by atoms with Crippen LogP contribution in [0, 0.1) is 20.2 Å². The zero-order valence-corrected chi connectivity index (χ0v) is 10.9. The summed E-state index contributed by atoms with van der Waals surface area (Å²) in [7, 11) is -1.66. The second-order valence-corrected chi connectivity index (χ2v) is 4.93. The minimum Gasteiger partial charge on any atom is -0.480 e. The van der Waals surface area contributed by atoms with Crippen molar-refractivity contribution < 1.29 is 24.0 Å². The zero-order valence-electron chi connectivity index (χ0n) is 10.1. The van der Waals surface area contributed by atoms with Gasteiger partial charge in [0.25, 0.3) is 0 Å².